The number of hydrogen-bond donors (Lipinski definition) is 1. The van der Waals surface area contributed by atoms with Crippen LogP contribution >= 0.6 is 15.9 Å². The minimum atomic E-state index is 0.318. The van der Waals surface area contributed by atoms with E-state index in [-0.39, 0.29) is 0 Å². The summed E-state index contributed by atoms with van der Waals surface area (Å²) in [4.78, 5) is 0. The van der Waals surface area contributed by atoms with E-state index in [0.717, 1.165) is 16.8 Å². The molecule has 7 heteroatoms. The summed E-state index contributed by atoms with van der Waals surface area (Å²) in [5.74, 6) is 0.929. The molecule has 0 aromatic carbocycles. The summed E-state index contributed by atoms with van der Waals surface area (Å²) in [6, 6.07) is 0.318. The second-order valence-electron chi connectivity index (χ2n) is 4.02. The first-order valence-electron chi connectivity index (χ1n) is 5.39. The van der Waals surface area contributed by atoms with Crippen LogP contribution in [0.15, 0.2) is 23.2 Å². The number of rotatable bonds is 5. The van der Waals surface area contributed by atoms with Gasteiger partial charge in [-0.25, -0.2) is 0 Å². The summed E-state index contributed by atoms with van der Waals surface area (Å²) in [5, 5.41) is 15.5. The van der Waals surface area contributed by atoms with Gasteiger partial charge in [0.05, 0.1) is 23.8 Å². The fourth-order valence-corrected chi connectivity index (χ4v) is 1.84. The summed E-state index contributed by atoms with van der Waals surface area (Å²) < 4.78 is 4.81. The first kappa shape index (κ1) is 12.3. The molecule has 2 heterocycles. The molecule has 0 aliphatic heterocycles. The molecule has 2 rings (SSSR count). The molecule has 0 bridgehead atoms. The zero-order chi connectivity index (χ0) is 12.3. The van der Waals surface area contributed by atoms with E-state index in [1.54, 1.807) is 12.5 Å². The highest BCUT2D eigenvalue weighted by atomic mass is 79.9. The van der Waals surface area contributed by atoms with Crippen molar-refractivity contribution in [3.63, 3.8) is 0 Å². The minimum absolute atomic E-state index is 0.318. The number of nitrogens with zero attached hydrogens (tertiary/aromatic N) is 5. The summed E-state index contributed by atoms with van der Waals surface area (Å²) in [7, 11) is 1.94. The van der Waals surface area contributed by atoms with Gasteiger partial charge in [-0.2, -0.15) is 5.10 Å². The second-order valence-corrected chi connectivity index (χ2v) is 4.94. The van der Waals surface area contributed by atoms with Crippen LogP contribution in [0, 0.1) is 0 Å². The zero-order valence-electron chi connectivity index (χ0n) is 9.84. The van der Waals surface area contributed by atoms with Gasteiger partial charge in [0, 0.05) is 19.3 Å². The lowest BCUT2D eigenvalue weighted by molar-refractivity contribution is 0.442. The van der Waals surface area contributed by atoms with E-state index in [4.69, 9.17) is 0 Å². The molecule has 17 heavy (non-hydrogen) atoms. The van der Waals surface area contributed by atoms with Gasteiger partial charge in [0.25, 0.3) is 0 Å². The van der Waals surface area contributed by atoms with Gasteiger partial charge in [-0.3, -0.25) is 4.68 Å². The molecule has 0 fully saturated rings. The van der Waals surface area contributed by atoms with Crippen LogP contribution in [0.1, 0.15) is 12.7 Å². The Labute approximate surface area is 108 Å². The summed E-state index contributed by atoms with van der Waals surface area (Å²) in [6.45, 7) is 3.65. The zero-order valence-corrected chi connectivity index (χ0v) is 11.4. The maximum Gasteiger partial charge on any atom is 0.146 e. The summed E-state index contributed by atoms with van der Waals surface area (Å²) in [5.41, 5.74) is 0. The quantitative estimate of drug-likeness (QED) is 0.893. The molecule has 2 aromatic heterocycles. The van der Waals surface area contributed by atoms with E-state index in [1.165, 1.54) is 0 Å². The average molecular weight is 299 g/mol. The molecule has 1 atom stereocenters. The number of hydrogen-bond acceptors (Lipinski definition) is 4. The van der Waals surface area contributed by atoms with Gasteiger partial charge in [0.2, 0.25) is 0 Å². The van der Waals surface area contributed by atoms with E-state index in [2.05, 4.69) is 43.5 Å². The topological polar surface area (TPSA) is 60.6 Å². The first-order valence-corrected chi connectivity index (χ1v) is 6.18. The minimum Gasteiger partial charge on any atom is -0.320 e. The lowest BCUT2D eigenvalue weighted by Crippen LogP contribution is -2.31. The maximum absolute atomic E-state index is 4.21. The van der Waals surface area contributed by atoms with Gasteiger partial charge in [-0.15, -0.1) is 10.2 Å². The lowest BCUT2D eigenvalue weighted by Gasteiger charge is -2.13. The predicted molar refractivity (Wildman–Crippen MR) is 67.2 cm³/mol. The van der Waals surface area contributed by atoms with E-state index in [0.29, 0.717) is 12.6 Å². The molecule has 0 unspecified atom stereocenters. The van der Waals surface area contributed by atoms with Crippen molar-refractivity contribution < 1.29 is 0 Å². The van der Waals surface area contributed by atoms with Crippen LogP contribution in [0.4, 0.5) is 0 Å². The van der Waals surface area contributed by atoms with Crippen molar-refractivity contribution in [2.75, 3.05) is 0 Å². The van der Waals surface area contributed by atoms with Crippen molar-refractivity contribution in [3.8, 4) is 0 Å². The highest BCUT2D eigenvalue weighted by Crippen LogP contribution is 2.06. The van der Waals surface area contributed by atoms with Crippen molar-refractivity contribution in [1.29, 1.82) is 0 Å². The standard InChI is InChI=1S/C10H15BrN6/c1-8(5-17-6-9(11)3-14-17)12-4-10-15-13-7-16(10)2/h3,6-8,12H,4-5H2,1-2H3/t8-/m1/s1. The molecule has 0 amide bonds. The normalized spacial score (nSPS) is 12.9. The van der Waals surface area contributed by atoms with Gasteiger partial charge in [0.15, 0.2) is 0 Å². The van der Waals surface area contributed by atoms with Crippen molar-refractivity contribution >= 4 is 15.9 Å². The third kappa shape index (κ3) is 3.37. The summed E-state index contributed by atoms with van der Waals surface area (Å²) >= 11 is 3.38. The van der Waals surface area contributed by atoms with Gasteiger partial charge in [-0.1, -0.05) is 0 Å². The van der Waals surface area contributed by atoms with Crippen LogP contribution in [-0.2, 0) is 20.1 Å². The monoisotopic (exact) mass is 298 g/mol. The second kappa shape index (κ2) is 5.42. The lowest BCUT2D eigenvalue weighted by atomic mass is 10.3. The Morgan fingerprint density at radius 3 is 2.94 bits per heavy atom. The molecule has 0 aliphatic carbocycles. The largest absolute Gasteiger partial charge is 0.320 e. The molecule has 0 saturated carbocycles. The number of halogens is 1. The third-order valence-electron chi connectivity index (χ3n) is 2.48. The Hall–Kier alpha value is -1.21. The SMILES string of the molecule is C[C@H](Cn1cc(Br)cn1)NCc1nncn1C. The van der Waals surface area contributed by atoms with Crippen molar-refractivity contribution in [2.24, 2.45) is 7.05 Å². The van der Waals surface area contributed by atoms with Crippen LogP contribution in [0.3, 0.4) is 0 Å². The van der Waals surface area contributed by atoms with Crippen LogP contribution in [0.5, 0.6) is 0 Å². The Bertz CT molecular complexity index is 477. The van der Waals surface area contributed by atoms with Gasteiger partial charge < -0.3 is 9.88 Å². The smallest absolute Gasteiger partial charge is 0.146 e. The van der Waals surface area contributed by atoms with Crippen molar-refractivity contribution in [1.82, 2.24) is 29.9 Å². The van der Waals surface area contributed by atoms with Gasteiger partial charge in [0.1, 0.15) is 12.2 Å². The van der Waals surface area contributed by atoms with E-state index < -0.39 is 0 Å². The molecule has 92 valence electrons. The molecule has 0 aliphatic rings. The Morgan fingerprint density at radius 1 is 1.53 bits per heavy atom. The van der Waals surface area contributed by atoms with Crippen LogP contribution in [0.25, 0.3) is 0 Å². The molecule has 6 nitrogen and oxygen atoms in total. The number of aromatic nitrogens is 5. The van der Waals surface area contributed by atoms with E-state index in [9.17, 15) is 0 Å². The Kier molecular flexibility index (Phi) is 3.90. The number of aryl methyl sites for hydroxylation is 1. The van der Waals surface area contributed by atoms with Crippen LogP contribution in [-0.4, -0.2) is 30.6 Å². The molecule has 2 aromatic rings. The highest BCUT2D eigenvalue weighted by Gasteiger charge is 2.06. The van der Waals surface area contributed by atoms with E-state index in [1.807, 2.05) is 22.5 Å². The van der Waals surface area contributed by atoms with E-state index >= 15 is 0 Å². The molecular weight excluding hydrogens is 284 g/mol. The highest BCUT2D eigenvalue weighted by molar-refractivity contribution is 9.10. The fraction of sp³-hybridized carbons (Fsp3) is 0.500. The predicted octanol–water partition coefficient (Wildman–Crippen LogP) is 0.952. The Balaban J connectivity index is 1.82. The van der Waals surface area contributed by atoms with Crippen molar-refractivity contribution in [3.05, 3.63) is 29.0 Å². The van der Waals surface area contributed by atoms with Gasteiger partial charge in [-0.05, 0) is 22.9 Å². The molecular formula is C10H15BrN6. The Morgan fingerprint density at radius 2 is 2.35 bits per heavy atom. The maximum atomic E-state index is 4.21. The molecule has 0 spiro atoms. The van der Waals surface area contributed by atoms with Gasteiger partial charge >= 0.3 is 0 Å². The summed E-state index contributed by atoms with van der Waals surface area (Å²) in [6.07, 6.45) is 5.45. The van der Waals surface area contributed by atoms with Crippen LogP contribution in [0.2, 0.25) is 0 Å². The first-order chi connectivity index (χ1) is 8.15. The van der Waals surface area contributed by atoms with Crippen molar-refractivity contribution in [2.45, 2.75) is 26.1 Å². The fourth-order valence-electron chi connectivity index (χ4n) is 1.52. The number of nitrogens with one attached hydrogen (secondary N) is 1. The molecule has 0 saturated heterocycles. The molecule has 1 N–H and O–H groups in total. The molecule has 0 radical (unpaired) electrons. The third-order valence-corrected chi connectivity index (χ3v) is 2.89. The van der Waals surface area contributed by atoms with Crippen LogP contribution < -0.4 is 5.32 Å². The average Bonchev–Trinajstić information content (AvgIpc) is 2.85.